The summed E-state index contributed by atoms with van der Waals surface area (Å²) in [5.74, 6) is 3.73. The fraction of sp³-hybridized carbons (Fsp3) is 0.967. The summed E-state index contributed by atoms with van der Waals surface area (Å²) in [6, 6.07) is 0. The lowest BCUT2D eigenvalue weighted by atomic mass is 9.32. The zero-order valence-corrected chi connectivity index (χ0v) is 22.0. The van der Waals surface area contributed by atoms with Crippen LogP contribution in [-0.2, 0) is 4.79 Å². The molecule has 0 amide bonds. The van der Waals surface area contributed by atoms with E-state index in [0.717, 1.165) is 24.2 Å². The lowest BCUT2D eigenvalue weighted by molar-refractivity contribution is -0.247. The Labute approximate surface area is 197 Å². The number of rotatable bonds is 2. The molecule has 5 fully saturated rings. The first-order chi connectivity index (χ1) is 14.8. The number of fused-ring (bicyclic) bond motifs is 7. The van der Waals surface area contributed by atoms with Crippen molar-refractivity contribution in [1.82, 2.24) is 0 Å². The summed E-state index contributed by atoms with van der Waals surface area (Å²) >= 11 is 0. The molecule has 5 aliphatic rings. The molecule has 11 atom stereocenters. The third kappa shape index (κ3) is 2.71. The Morgan fingerprint density at radius 3 is 2.19 bits per heavy atom. The molecule has 182 valence electrons. The van der Waals surface area contributed by atoms with Crippen molar-refractivity contribution in [2.24, 2.45) is 62.6 Å². The third-order valence-electron chi connectivity index (χ3n) is 13.8. The van der Waals surface area contributed by atoms with Gasteiger partial charge in [-0.2, -0.15) is 0 Å². The molecule has 2 unspecified atom stereocenters. The van der Waals surface area contributed by atoms with Gasteiger partial charge in [-0.15, -0.1) is 0 Å². The molecule has 0 aromatic heterocycles. The molecule has 0 aliphatic heterocycles. The maximum Gasteiger partial charge on any atom is 0.123 e. The smallest absolute Gasteiger partial charge is 0.123 e. The molecule has 0 saturated heterocycles. The van der Waals surface area contributed by atoms with Gasteiger partial charge < -0.3 is 9.90 Å². The van der Waals surface area contributed by atoms with Crippen molar-refractivity contribution in [1.29, 1.82) is 0 Å². The normalized spacial score (nSPS) is 57.5. The first kappa shape index (κ1) is 23.4. The predicted molar refractivity (Wildman–Crippen MR) is 131 cm³/mol. The molecule has 0 radical (unpaired) electrons. The van der Waals surface area contributed by atoms with Crippen molar-refractivity contribution < 1.29 is 9.90 Å². The van der Waals surface area contributed by atoms with Gasteiger partial charge in [-0.3, -0.25) is 0 Å². The zero-order chi connectivity index (χ0) is 23.3. The topological polar surface area (TPSA) is 37.3 Å². The first-order valence-electron chi connectivity index (χ1n) is 14.0. The summed E-state index contributed by atoms with van der Waals surface area (Å²) in [7, 11) is 0. The summed E-state index contributed by atoms with van der Waals surface area (Å²) in [6.45, 7) is 17.5. The van der Waals surface area contributed by atoms with Gasteiger partial charge in [0.05, 0.1) is 6.10 Å². The highest BCUT2D eigenvalue weighted by atomic mass is 16.3. The lowest BCUT2D eigenvalue weighted by Crippen LogP contribution is -2.66. The van der Waals surface area contributed by atoms with Crippen LogP contribution >= 0.6 is 0 Å². The summed E-state index contributed by atoms with van der Waals surface area (Å²) in [5, 5.41) is 10.9. The van der Waals surface area contributed by atoms with E-state index in [9.17, 15) is 9.90 Å². The van der Waals surface area contributed by atoms with Gasteiger partial charge in [0.1, 0.15) is 6.29 Å². The van der Waals surface area contributed by atoms with E-state index in [4.69, 9.17) is 0 Å². The number of aliphatic hydroxyl groups is 1. The molecule has 1 N–H and O–H groups in total. The van der Waals surface area contributed by atoms with E-state index in [1.54, 1.807) is 0 Å². The number of aldehydes is 1. The largest absolute Gasteiger partial charge is 0.393 e. The maximum absolute atomic E-state index is 11.9. The van der Waals surface area contributed by atoms with E-state index in [1.807, 2.05) is 0 Å². The molecular formula is C30H50O2. The minimum atomic E-state index is -0.142. The second kappa shape index (κ2) is 7.08. The molecule has 0 bridgehead atoms. The summed E-state index contributed by atoms with van der Waals surface area (Å²) in [5.41, 5.74) is 1.62. The van der Waals surface area contributed by atoms with Crippen LogP contribution in [0.15, 0.2) is 0 Å². The number of aliphatic hydroxyl groups excluding tert-OH is 1. The van der Waals surface area contributed by atoms with E-state index >= 15 is 0 Å². The highest BCUT2D eigenvalue weighted by Crippen LogP contribution is 2.77. The zero-order valence-electron chi connectivity index (χ0n) is 22.0. The van der Waals surface area contributed by atoms with Gasteiger partial charge in [-0.25, -0.2) is 0 Å². The van der Waals surface area contributed by atoms with Crippen molar-refractivity contribution >= 4 is 6.29 Å². The quantitative estimate of drug-likeness (QED) is 0.456. The average Bonchev–Trinajstić information content (AvgIpc) is 3.09. The second-order valence-corrected chi connectivity index (χ2v) is 14.9. The molecule has 0 spiro atoms. The Morgan fingerprint density at radius 2 is 1.50 bits per heavy atom. The summed E-state index contributed by atoms with van der Waals surface area (Å²) in [4.78, 5) is 11.9. The molecular weight excluding hydrogens is 392 g/mol. The number of carbonyl (C=O) groups is 1. The summed E-state index contributed by atoms with van der Waals surface area (Å²) < 4.78 is 0. The number of hydrogen-bond donors (Lipinski definition) is 1. The van der Waals surface area contributed by atoms with Gasteiger partial charge in [-0.1, -0.05) is 48.5 Å². The Balaban J connectivity index is 1.53. The minimum absolute atomic E-state index is 0.0349. The van der Waals surface area contributed by atoms with E-state index in [1.165, 1.54) is 64.1 Å². The molecule has 5 aliphatic carbocycles. The van der Waals surface area contributed by atoms with Crippen LogP contribution in [0, 0.1) is 62.6 Å². The summed E-state index contributed by atoms with van der Waals surface area (Å²) in [6.07, 6.45) is 14.0. The van der Waals surface area contributed by atoms with E-state index in [0.29, 0.717) is 33.5 Å². The van der Waals surface area contributed by atoms with Gasteiger partial charge in [0.15, 0.2) is 0 Å². The van der Waals surface area contributed by atoms with Crippen LogP contribution in [0.3, 0.4) is 0 Å². The van der Waals surface area contributed by atoms with Crippen molar-refractivity contribution in [3.05, 3.63) is 0 Å². The van der Waals surface area contributed by atoms with Crippen LogP contribution < -0.4 is 0 Å². The highest BCUT2D eigenvalue weighted by molar-refractivity contribution is 5.53. The van der Waals surface area contributed by atoms with Crippen LogP contribution in [-0.4, -0.2) is 17.5 Å². The van der Waals surface area contributed by atoms with Crippen molar-refractivity contribution in [2.75, 3.05) is 0 Å². The van der Waals surface area contributed by atoms with Gasteiger partial charge in [0.25, 0.3) is 0 Å². The average molecular weight is 443 g/mol. The lowest BCUT2D eigenvalue weighted by Gasteiger charge is -2.73. The number of hydrogen-bond acceptors (Lipinski definition) is 2. The third-order valence-corrected chi connectivity index (χ3v) is 13.8. The Kier molecular flexibility index (Phi) is 5.17. The van der Waals surface area contributed by atoms with Crippen LogP contribution in [0.25, 0.3) is 0 Å². The van der Waals surface area contributed by atoms with Crippen LogP contribution in [0.1, 0.15) is 113 Å². The van der Waals surface area contributed by atoms with Crippen molar-refractivity contribution in [3.8, 4) is 0 Å². The van der Waals surface area contributed by atoms with Crippen molar-refractivity contribution in [2.45, 2.75) is 119 Å². The molecule has 2 heteroatoms. The minimum Gasteiger partial charge on any atom is -0.393 e. The Morgan fingerprint density at radius 1 is 0.781 bits per heavy atom. The number of carbonyl (C=O) groups excluding carboxylic acids is 1. The molecule has 32 heavy (non-hydrogen) atoms. The van der Waals surface area contributed by atoms with E-state index < -0.39 is 0 Å². The van der Waals surface area contributed by atoms with Crippen LogP contribution in [0.2, 0.25) is 0 Å². The van der Waals surface area contributed by atoms with Crippen molar-refractivity contribution in [3.63, 3.8) is 0 Å². The van der Waals surface area contributed by atoms with Gasteiger partial charge in [0, 0.05) is 5.92 Å². The maximum atomic E-state index is 11.9. The molecule has 0 aromatic rings. The molecule has 5 rings (SSSR count). The standard InChI is InChI=1S/C30H50O2/c1-19(18-31)20-10-13-27(4)16-17-29(6)21(25(20)27)8-9-23-28(5)14-12-24(32)26(2,3)22(28)11-15-30(23,29)7/h18-25,32H,8-17H2,1-7H3/t19?,20-,21+,22-,23+,24?,25+,27+,28-,29+,30+/m0/s1. The van der Waals surface area contributed by atoms with Gasteiger partial charge in [-0.05, 0) is 121 Å². The van der Waals surface area contributed by atoms with Crippen LogP contribution in [0.4, 0.5) is 0 Å². The second-order valence-electron chi connectivity index (χ2n) is 14.9. The van der Waals surface area contributed by atoms with Gasteiger partial charge in [0.2, 0.25) is 0 Å². The Hall–Kier alpha value is -0.370. The molecule has 0 aromatic carbocycles. The SMILES string of the molecule is CC(C=O)[C@@H]1CC[C@]2(C)CC[C@]3(C)[C@H](CC[C@@H]4[C@@]5(C)CCC(O)C(C)(C)[C@@H]5CC[C@]43C)[C@@H]12. The monoisotopic (exact) mass is 442 g/mol. The Bertz CT molecular complexity index is 773. The predicted octanol–water partition coefficient (Wildman–Crippen LogP) is 7.28. The van der Waals surface area contributed by atoms with Gasteiger partial charge >= 0.3 is 0 Å². The van der Waals surface area contributed by atoms with Crippen LogP contribution in [0.5, 0.6) is 0 Å². The van der Waals surface area contributed by atoms with E-state index in [2.05, 4.69) is 48.5 Å². The first-order valence-corrected chi connectivity index (χ1v) is 14.0. The fourth-order valence-corrected chi connectivity index (χ4v) is 11.7. The molecule has 2 nitrogen and oxygen atoms in total. The molecule has 0 heterocycles. The molecule has 5 saturated carbocycles. The highest BCUT2D eigenvalue weighted by Gasteiger charge is 2.70. The van der Waals surface area contributed by atoms with E-state index in [-0.39, 0.29) is 17.4 Å². The fourth-order valence-electron chi connectivity index (χ4n) is 11.7.